The molecular weight excluding hydrogens is 444 g/mol. The summed E-state index contributed by atoms with van der Waals surface area (Å²) < 4.78 is 6.28. The molecule has 9 nitrogen and oxygen atoms in total. The van der Waals surface area contributed by atoms with Crippen LogP contribution >= 0.6 is 12.4 Å². The maximum atomic E-state index is 11.5. The molecule has 2 saturated heterocycles. The number of anilines is 1. The maximum absolute atomic E-state index is 11.5. The summed E-state index contributed by atoms with van der Waals surface area (Å²) in [5, 5.41) is 11.2. The standard InChI is InChI=1S/C23H26N6O3.ClH/c30-21(27-31)19-12-25-22(26-13-19)29-10-11-32-23(16-29)5-8-28(9-6-23)15-18-3-1-2-17-4-7-24-14-20(17)18;/h1-4,7,12-14,31H,5-6,8-11,15-16H2,(H,27,30);1H. The minimum Gasteiger partial charge on any atom is -0.371 e. The Labute approximate surface area is 198 Å². The molecule has 0 radical (unpaired) electrons. The molecule has 10 heteroatoms. The zero-order valence-corrected chi connectivity index (χ0v) is 19.0. The van der Waals surface area contributed by atoms with Gasteiger partial charge in [0, 0.05) is 56.4 Å². The van der Waals surface area contributed by atoms with E-state index in [1.54, 1.807) is 5.48 Å². The zero-order chi connectivity index (χ0) is 22.0. The average molecular weight is 471 g/mol. The first kappa shape index (κ1) is 23.3. The highest BCUT2D eigenvalue weighted by molar-refractivity contribution is 5.92. The second-order valence-corrected chi connectivity index (χ2v) is 8.46. The molecular formula is C23H27ClN6O3. The van der Waals surface area contributed by atoms with Crippen molar-refractivity contribution < 1.29 is 14.7 Å². The van der Waals surface area contributed by atoms with Crippen molar-refractivity contribution in [2.24, 2.45) is 0 Å². The molecule has 0 atom stereocenters. The van der Waals surface area contributed by atoms with Crippen LogP contribution in [0.5, 0.6) is 0 Å². The smallest absolute Gasteiger partial charge is 0.277 e. The maximum Gasteiger partial charge on any atom is 0.277 e. The first-order chi connectivity index (χ1) is 15.7. The van der Waals surface area contributed by atoms with Crippen molar-refractivity contribution >= 4 is 35.0 Å². The van der Waals surface area contributed by atoms with Gasteiger partial charge in [-0.25, -0.2) is 15.4 Å². The lowest BCUT2D eigenvalue weighted by Gasteiger charge is -2.47. The number of halogens is 1. The van der Waals surface area contributed by atoms with Gasteiger partial charge in [0.15, 0.2) is 0 Å². The van der Waals surface area contributed by atoms with Crippen LogP contribution in [-0.4, -0.2) is 69.4 Å². The van der Waals surface area contributed by atoms with Crippen molar-refractivity contribution in [2.45, 2.75) is 25.0 Å². The first-order valence-corrected chi connectivity index (χ1v) is 10.9. The second kappa shape index (κ2) is 9.96. The summed E-state index contributed by atoms with van der Waals surface area (Å²) in [6, 6.07) is 8.48. The van der Waals surface area contributed by atoms with Gasteiger partial charge in [-0.2, -0.15) is 0 Å². The molecule has 1 amide bonds. The molecule has 0 bridgehead atoms. The quantitative estimate of drug-likeness (QED) is 0.442. The van der Waals surface area contributed by atoms with Gasteiger partial charge in [-0.3, -0.25) is 19.9 Å². The van der Waals surface area contributed by atoms with Crippen molar-refractivity contribution in [3.05, 3.63) is 60.2 Å². The summed E-state index contributed by atoms with van der Waals surface area (Å²) in [6.07, 6.45) is 8.53. The van der Waals surface area contributed by atoms with E-state index in [4.69, 9.17) is 9.94 Å². The number of benzene rings is 1. The molecule has 0 unspecified atom stereocenters. The van der Waals surface area contributed by atoms with E-state index in [1.165, 1.54) is 28.7 Å². The Hall–Kier alpha value is -2.85. The normalized spacial score (nSPS) is 18.2. The van der Waals surface area contributed by atoms with Crippen LogP contribution in [0.4, 0.5) is 5.95 Å². The number of pyridine rings is 1. The number of ether oxygens (including phenoxy) is 1. The van der Waals surface area contributed by atoms with Crippen molar-refractivity contribution in [1.29, 1.82) is 0 Å². The van der Waals surface area contributed by atoms with E-state index < -0.39 is 5.91 Å². The van der Waals surface area contributed by atoms with Crippen LogP contribution in [0.1, 0.15) is 28.8 Å². The molecule has 4 heterocycles. The Bertz CT molecular complexity index is 1100. The van der Waals surface area contributed by atoms with Gasteiger partial charge in [0.05, 0.1) is 24.3 Å². The summed E-state index contributed by atoms with van der Waals surface area (Å²) in [5.41, 5.74) is 2.91. The number of hydrogen-bond donors (Lipinski definition) is 2. The number of carbonyl (C=O) groups excluding carboxylic acids is 1. The fraction of sp³-hybridized carbons (Fsp3) is 0.391. The summed E-state index contributed by atoms with van der Waals surface area (Å²) in [7, 11) is 0. The van der Waals surface area contributed by atoms with Crippen LogP contribution < -0.4 is 10.4 Å². The van der Waals surface area contributed by atoms with E-state index in [2.05, 4.69) is 49.0 Å². The predicted octanol–water partition coefficient (Wildman–Crippen LogP) is 2.44. The summed E-state index contributed by atoms with van der Waals surface area (Å²) >= 11 is 0. The average Bonchev–Trinajstić information content (AvgIpc) is 2.85. The molecule has 33 heavy (non-hydrogen) atoms. The van der Waals surface area contributed by atoms with Crippen LogP contribution in [0.2, 0.25) is 0 Å². The minimum atomic E-state index is -0.621. The van der Waals surface area contributed by atoms with Gasteiger partial charge < -0.3 is 9.64 Å². The Kier molecular flexibility index (Phi) is 7.04. The number of aromatic nitrogens is 3. The van der Waals surface area contributed by atoms with Gasteiger partial charge in [0.25, 0.3) is 5.91 Å². The Balaban J connectivity index is 0.00000259. The Morgan fingerprint density at radius 2 is 1.91 bits per heavy atom. The molecule has 0 aliphatic carbocycles. The monoisotopic (exact) mass is 470 g/mol. The number of carbonyl (C=O) groups is 1. The van der Waals surface area contributed by atoms with E-state index in [-0.39, 0.29) is 23.6 Å². The number of morpholine rings is 1. The molecule has 1 aromatic carbocycles. The number of amides is 1. The summed E-state index contributed by atoms with van der Waals surface area (Å²) in [6.45, 7) is 4.88. The zero-order valence-electron chi connectivity index (χ0n) is 18.2. The van der Waals surface area contributed by atoms with E-state index in [0.29, 0.717) is 19.1 Å². The molecule has 2 aromatic heterocycles. The van der Waals surface area contributed by atoms with Crippen LogP contribution in [0.3, 0.4) is 0 Å². The number of rotatable bonds is 4. The summed E-state index contributed by atoms with van der Waals surface area (Å²) in [5.74, 6) is -0.0443. The number of piperidine rings is 1. The molecule has 3 aromatic rings. The van der Waals surface area contributed by atoms with Crippen LogP contribution in [0.25, 0.3) is 10.8 Å². The van der Waals surface area contributed by atoms with E-state index >= 15 is 0 Å². The fourth-order valence-electron chi connectivity index (χ4n) is 4.66. The highest BCUT2D eigenvalue weighted by atomic mass is 35.5. The number of fused-ring (bicyclic) bond motifs is 1. The molecule has 1 spiro atoms. The fourth-order valence-corrected chi connectivity index (χ4v) is 4.66. The lowest BCUT2D eigenvalue weighted by atomic mass is 9.89. The van der Waals surface area contributed by atoms with Crippen LogP contribution in [0.15, 0.2) is 49.1 Å². The van der Waals surface area contributed by atoms with Crippen LogP contribution in [-0.2, 0) is 11.3 Å². The van der Waals surface area contributed by atoms with Gasteiger partial charge in [0.1, 0.15) is 0 Å². The number of nitrogens with one attached hydrogen (secondary N) is 1. The van der Waals surface area contributed by atoms with Gasteiger partial charge in [-0.05, 0) is 29.9 Å². The SMILES string of the molecule is Cl.O=C(NO)c1cnc(N2CCOC3(CCN(Cc4cccc5ccncc45)CC3)C2)nc1. The third kappa shape index (κ3) is 4.91. The molecule has 2 N–H and O–H groups in total. The molecule has 5 rings (SSSR count). The van der Waals surface area contributed by atoms with Crippen molar-refractivity contribution in [1.82, 2.24) is 25.3 Å². The van der Waals surface area contributed by atoms with Gasteiger partial charge in [0.2, 0.25) is 5.95 Å². The third-order valence-corrected chi connectivity index (χ3v) is 6.47. The van der Waals surface area contributed by atoms with Crippen molar-refractivity contribution in [3.63, 3.8) is 0 Å². The van der Waals surface area contributed by atoms with E-state index in [9.17, 15) is 4.79 Å². The van der Waals surface area contributed by atoms with Gasteiger partial charge in [-0.1, -0.05) is 18.2 Å². The number of hydroxylamine groups is 1. The summed E-state index contributed by atoms with van der Waals surface area (Å²) in [4.78, 5) is 29.0. The lowest BCUT2D eigenvalue weighted by molar-refractivity contribution is -0.0923. The lowest BCUT2D eigenvalue weighted by Crippen LogP contribution is -2.57. The van der Waals surface area contributed by atoms with E-state index in [0.717, 1.165) is 39.0 Å². The van der Waals surface area contributed by atoms with Crippen molar-refractivity contribution in [2.75, 3.05) is 37.7 Å². The predicted molar refractivity (Wildman–Crippen MR) is 126 cm³/mol. The highest BCUT2D eigenvalue weighted by Crippen LogP contribution is 2.32. The molecule has 0 saturated carbocycles. The Morgan fingerprint density at radius 1 is 1.12 bits per heavy atom. The van der Waals surface area contributed by atoms with E-state index in [1.807, 2.05) is 12.4 Å². The Morgan fingerprint density at radius 3 is 2.67 bits per heavy atom. The molecule has 2 fully saturated rings. The van der Waals surface area contributed by atoms with Gasteiger partial charge in [-0.15, -0.1) is 12.4 Å². The van der Waals surface area contributed by atoms with Crippen molar-refractivity contribution in [3.8, 4) is 0 Å². The first-order valence-electron chi connectivity index (χ1n) is 10.9. The largest absolute Gasteiger partial charge is 0.371 e. The topological polar surface area (TPSA) is 104 Å². The van der Waals surface area contributed by atoms with Crippen LogP contribution in [0, 0.1) is 0 Å². The number of likely N-dealkylation sites (tertiary alicyclic amines) is 1. The highest BCUT2D eigenvalue weighted by Gasteiger charge is 2.40. The molecule has 2 aliphatic heterocycles. The third-order valence-electron chi connectivity index (χ3n) is 6.47. The molecule has 2 aliphatic rings. The number of hydrogen-bond acceptors (Lipinski definition) is 8. The minimum absolute atomic E-state index is 0. The van der Waals surface area contributed by atoms with Gasteiger partial charge >= 0.3 is 0 Å². The second-order valence-electron chi connectivity index (χ2n) is 8.46. The number of nitrogens with zero attached hydrogens (tertiary/aromatic N) is 5. The molecule has 174 valence electrons.